The second-order valence-corrected chi connectivity index (χ2v) is 21.2. The molecule has 67 heavy (non-hydrogen) atoms. The predicted molar refractivity (Wildman–Crippen MR) is 260 cm³/mol. The standard InChI is InChI=1S/C43H51N9O2S.C8H7NO2.CH4/c1-25-26(2)55-38-34(25)35(47-32(19-33-44-14-17-54-33)36-50-49-27(3)52(36)38)30-10-8-28(9-11-30)18-29-20-43(21-29)12-15-51(16-13-43)40-45-22-31(23-46-40)37(53)48-39-41(4,5)24-42(39,6)7;1-11-8-4-7(10)3-2-6(8)5-9;/h8-11,14,17,22-23,29,32,39H,12-13,15-16,18-21,24H2,1-7H3,(H,48,53);2-4,10H,1H3;1H4. The largest absolute Gasteiger partial charge is 0.508 e. The number of nitrogens with one attached hydrogen (secondary N) is 1. The zero-order valence-electron chi connectivity index (χ0n) is 39.1. The van der Waals surface area contributed by atoms with Crippen LogP contribution in [0, 0.1) is 54.3 Å². The molecule has 1 amide bonds. The number of nitrogens with zero attached hydrogens (tertiary/aromatic N) is 9. The van der Waals surface area contributed by atoms with Gasteiger partial charge in [0, 0.05) is 53.6 Å². The van der Waals surface area contributed by atoms with E-state index in [9.17, 15) is 4.79 Å². The normalized spacial score (nSPS) is 18.9. The van der Waals surface area contributed by atoms with Crippen LogP contribution in [-0.2, 0) is 12.8 Å². The van der Waals surface area contributed by atoms with Crippen molar-refractivity contribution < 1.29 is 19.1 Å². The lowest BCUT2D eigenvalue weighted by molar-refractivity contribution is -0.0366. The Morgan fingerprint density at radius 3 is 2.31 bits per heavy atom. The van der Waals surface area contributed by atoms with Crippen molar-refractivity contribution in [2.75, 3.05) is 25.1 Å². The van der Waals surface area contributed by atoms with E-state index in [1.54, 1.807) is 36.2 Å². The first-order valence-corrected chi connectivity index (χ1v) is 23.6. The van der Waals surface area contributed by atoms with Gasteiger partial charge in [-0.2, -0.15) is 5.26 Å². The van der Waals surface area contributed by atoms with Crippen LogP contribution in [0.1, 0.15) is 134 Å². The van der Waals surface area contributed by atoms with E-state index in [1.165, 1.54) is 54.2 Å². The fourth-order valence-corrected chi connectivity index (χ4v) is 12.6. The SMILES string of the molecule is C.COc1cc(O)ccc1C#N.Cc1sc2c(c1C)C(c1ccc(CC3CC4(CCN(c5ncc(C(=O)NC6C(C)(C)CC6(C)C)cn5)CC4)C3)cc1)=NC(Cc1ncco1)c1nnc(C)n1-2. The highest BCUT2D eigenvalue weighted by Crippen LogP contribution is 2.55. The number of rotatable bonds is 9. The maximum absolute atomic E-state index is 13.0. The lowest BCUT2D eigenvalue weighted by Crippen LogP contribution is -2.63. The topological polar surface area (TPSA) is 180 Å². The molecule has 2 N–H and O–H groups in total. The Bertz CT molecular complexity index is 2790. The Kier molecular flexibility index (Phi) is 12.9. The molecule has 14 nitrogen and oxygen atoms in total. The first-order valence-electron chi connectivity index (χ1n) is 22.8. The molecule has 2 aliphatic carbocycles. The third-order valence-corrected chi connectivity index (χ3v) is 15.5. The van der Waals surface area contributed by atoms with Crippen LogP contribution in [0.2, 0.25) is 0 Å². The molecule has 4 aromatic heterocycles. The number of anilines is 1. The van der Waals surface area contributed by atoms with E-state index < -0.39 is 0 Å². The summed E-state index contributed by atoms with van der Waals surface area (Å²) < 4.78 is 12.7. The van der Waals surface area contributed by atoms with Crippen LogP contribution >= 0.6 is 11.3 Å². The van der Waals surface area contributed by atoms with E-state index in [2.05, 4.69) is 106 Å². The van der Waals surface area contributed by atoms with Crippen molar-refractivity contribution in [1.82, 2.24) is 35.0 Å². The number of carbonyl (C=O) groups is 1. The highest BCUT2D eigenvalue weighted by molar-refractivity contribution is 7.15. The number of carbonyl (C=O) groups excluding carboxylic acids is 1. The molecule has 6 heterocycles. The van der Waals surface area contributed by atoms with Gasteiger partial charge in [0.05, 0.1) is 36.6 Å². The number of aryl methyl sites for hydroxylation is 2. The molecule has 0 bridgehead atoms. The monoisotopic (exact) mass is 922 g/mol. The van der Waals surface area contributed by atoms with E-state index in [0.29, 0.717) is 40.5 Å². The number of aliphatic imine (C=N–C) groups is 1. The summed E-state index contributed by atoms with van der Waals surface area (Å²) in [5, 5.41) is 31.0. The van der Waals surface area contributed by atoms with Crippen molar-refractivity contribution >= 4 is 28.9 Å². The summed E-state index contributed by atoms with van der Waals surface area (Å²) in [6, 6.07) is 15.3. The molecule has 2 aromatic carbocycles. The number of hydrogen-bond acceptors (Lipinski definition) is 13. The van der Waals surface area contributed by atoms with Crippen molar-refractivity contribution in [3.8, 4) is 22.6 Å². The Morgan fingerprint density at radius 1 is 0.985 bits per heavy atom. The van der Waals surface area contributed by atoms with Crippen LogP contribution in [-0.4, -0.2) is 72.7 Å². The van der Waals surface area contributed by atoms with Crippen molar-refractivity contribution in [2.45, 2.75) is 113 Å². The third-order valence-electron chi connectivity index (χ3n) is 14.3. The number of fused-ring (bicyclic) bond motifs is 3. The number of hydrogen-bond donors (Lipinski definition) is 2. The minimum absolute atomic E-state index is 0. The summed E-state index contributed by atoms with van der Waals surface area (Å²) >= 11 is 1.78. The number of oxazole rings is 1. The summed E-state index contributed by atoms with van der Waals surface area (Å²) in [6.07, 6.45) is 14.2. The first-order chi connectivity index (χ1) is 31.6. The van der Waals surface area contributed by atoms with Gasteiger partial charge < -0.3 is 24.5 Å². The van der Waals surface area contributed by atoms with Crippen LogP contribution in [0.3, 0.4) is 0 Å². The molecular formula is C52H62N10O4S. The van der Waals surface area contributed by atoms with Crippen LogP contribution in [0.25, 0.3) is 5.00 Å². The number of nitriles is 1. The number of aromatic hydroxyl groups is 1. The van der Waals surface area contributed by atoms with E-state index >= 15 is 0 Å². The average Bonchev–Trinajstić information content (AvgIpc) is 4.00. The summed E-state index contributed by atoms with van der Waals surface area (Å²) in [5.41, 5.74) is 7.44. The molecule has 10 rings (SSSR count). The Morgan fingerprint density at radius 2 is 1.69 bits per heavy atom. The van der Waals surface area contributed by atoms with Crippen molar-refractivity contribution in [1.29, 1.82) is 5.26 Å². The molecule has 1 saturated heterocycles. The van der Waals surface area contributed by atoms with Gasteiger partial charge in [-0.25, -0.2) is 15.0 Å². The van der Waals surface area contributed by atoms with Gasteiger partial charge in [0.1, 0.15) is 40.7 Å². The molecule has 0 radical (unpaired) electrons. The molecule has 350 valence electrons. The van der Waals surface area contributed by atoms with E-state index in [1.807, 2.05) is 13.0 Å². The predicted octanol–water partition coefficient (Wildman–Crippen LogP) is 9.87. The molecule has 6 aromatic rings. The van der Waals surface area contributed by atoms with Crippen LogP contribution in [0.4, 0.5) is 5.95 Å². The Balaban J connectivity index is 0.000000448. The lowest BCUT2D eigenvalue weighted by atomic mass is 9.52. The van der Waals surface area contributed by atoms with Gasteiger partial charge in [0.15, 0.2) is 11.7 Å². The van der Waals surface area contributed by atoms with E-state index in [0.717, 1.165) is 78.2 Å². The summed E-state index contributed by atoms with van der Waals surface area (Å²) in [6.45, 7) is 17.2. The van der Waals surface area contributed by atoms with Gasteiger partial charge in [-0.05, 0) is 105 Å². The van der Waals surface area contributed by atoms with Gasteiger partial charge in [-0.1, -0.05) is 59.4 Å². The highest BCUT2D eigenvalue weighted by atomic mass is 32.1. The lowest BCUT2D eigenvalue weighted by Gasteiger charge is -2.57. The molecule has 1 spiro atoms. The van der Waals surface area contributed by atoms with Gasteiger partial charge in [-0.3, -0.25) is 14.4 Å². The van der Waals surface area contributed by atoms with Crippen LogP contribution in [0.15, 0.2) is 76.7 Å². The maximum atomic E-state index is 13.0. The molecule has 2 aliphatic heterocycles. The number of thiophene rings is 1. The fraction of sp³-hybridized carbons (Fsp3) is 0.462. The fourth-order valence-electron chi connectivity index (χ4n) is 11.4. The Labute approximate surface area is 397 Å². The van der Waals surface area contributed by atoms with E-state index in [-0.39, 0.29) is 42.0 Å². The van der Waals surface area contributed by atoms with E-state index in [4.69, 9.17) is 24.5 Å². The zero-order chi connectivity index (χ0) is 46.5. The molecule has 4 aliphatic rings. The van der Waals surface area contributed by atoms with Gasteiger partial charge in [-0.15, -0.1) is 21.5 Å². The number of phenolic OH excluding ortho intramolecular Hbond substituents is 1. The summed E-state index contributed by atoms with van der Waals surface area (Å²) in [7, 11) is 1.45. The van der Waals surface area contributed by atoms with Gasteiger partial charge >= 0.3 is 0 Å². The highest BCUT2D eigenvalue weighted by Gasteiger charge is 2.53. The second kappa shape index (κ2) is 18.4. The van der Waals surface area contributed by atoms with Gasteiger partial charge in [0.2, 0.25) is 5.95 Å². The minimum atomic E-state index is -0.277. The number of benzene rings is 2. The molecule has 15 heteroatoms. The number of phenols is 1. The molecule has 1 unspecified atom stereocenters. The molecule has 3 fully saturated rings. The second-order valence-electron chi connectivity index (χ2n) is 20.0. The zero-order valence-corrected chi connectivity index (χ0v) is 39.9. The molecule has 1 atom stereocenters. The number of amides is 1. The van der Waals surface area contributed by atoms with Crippen LogP contribution in [0.5, 0.6) is 11.5 Å². The number of ether oxygens (including phenoxy) is 1. The number of aromatic nitrogens is 6. The maximum Gasteiger partial charge on any atom is 0.254 e. The average molecular weight is 923 g/mol. The summed E-state index contributed by atoms with van der Waals surface area (Å²) in [5.74, 6) is 4.14. The number of methoxy groups -OCH3 is 1. The minimum Gasteiger partial charge on any atom is -0.508 e. The van der Waals surface area contributed by atoms with Crippen molar-refractivity contribution in [3.63, 3.8) is 0 Å². The smallest absolute Gasteiger partial charge is 0.254 e. The molecular weight excluding hydrogens is 861 g/mol. The van der Waals surface area contributed by atoms with Crippen molar-refractivity contribution in [3.05, 3.63) is 123 Å². The quantitative estimate of drug-likeness (QED) is 0.141. The number of piperidine rings is 1. The third kappa shape index (κ3) is 9.20. The Hall–Kier alpha value is -6.40. The van der Waals surface area contributed by atoms with Crippen molar-refractivity contribution in [2.24, 2.45) is 27.2 Å². The van der Waals surface area contributed by atoms with Gasteiger partial charge in [0.25, 0.3) is 5.91 Å². The first kappa shape index (κ1) is 47.1. The summed E-state index contributed by atoms with van der Waals surface area (Å²) in [4.78, 5) is 35.7. The van der Waals surface area contributed by atoms with Crippen LogP contribution < -0.4 is 15.0 Å². The molecule has 2 saturated carbocycles.